The molecule has 0 aliphatic rings. The first-order valence-corrected chi connectivity index (χ1v) is 4.43. The third-order valence-electron chi connectivity index (χ3n) is 1.77. The van der Waals surface area contributed by atoms with Crippen LogP contribution in [0.5, 0.6) is 0 Å². The van der Waals surface area contributed by atoms with Crippen LogP contribution in [0.3, 0.4) is 0 Å². The van der Waals surface area contributed by atoms with Crippen molar-refractivity contribution in [1.29, 1.82) is 0 Å². The van der Waals surface area contributed by atoms with Gasteiger partial charge in [0.1, 0.15) is 0 Å². The zero-order valence-corrected chi connectivity index (χ0v) is 8.23. The van der Waals surface area contributed by atoms with Crippen LogP contribution in [-0.2, 0) is 0 Å². The molecule has 0 aliphatic heterocycles. The van der Waals surface area contributed by atoms with Crippen LogP contribution < -0.4 is 4.90 Å². The molecule has 0 saturated carbocycles. The first-order chi connectivity index (χ1) is 6.46. The molecule has 5 heteroatoms. The van der Waals surface area contributed by atoms with Crippen LogP contribution >= 0.6 is 11.6 Å². The minimum atomic E-state index is -4.39. The SMILES string of the molecule is CCN(c1ccccc1Cl)C(F)(F)F. The Balaban J connectivity index is 3.08. The Kier molecular flexibility index (Phi) is 3.26. The van der Waals surface area contributed by atoms with Gasteiger partial charge in [-0.05, 0) is 19.1 Å². The van der Waals surface area contributed by atoms with Crippen molar-refractivity contribution in [3.8, 4) is 0 Å². The summed E-state index contributed by atoms with van der Waals surface area (Å²) in [5.74, 6) is 0. The zero-order chi connectivity index (χ0) is 10.8. The number of benzene rings is 1. The first kappa shape index (κ1) is 11.2. The maximum atomic E-state index is 12.5. The molecular weight excluding hydrogens is 215 g/mol. The molecule has 0 saturated heterocycles. The number of hydrogen-bond acceptors (Lipinski definition) is 1. The molecule has 0 amide bonds. The van der Waals surface area contributed by atoms with Crippen LogP contribution in [-0.4, -0.2) is 12.8 Å². The Hall–Kier alpha value is -0.900. The van der Waals surface area contributed by atoms with E-state index in [0.717, 1.165) is 0 Å². The molecule has 0 fully saturated rings. The maximum Gasteiger partial charge on any atom is 0.484 e. The molecule has 0 N–H and O–H groups in total. The summed E-state index contributed by atoms with van der Waals surface area (Å²) in [4.78, 5) is 0.301. The molecule has 78 valence electrons. The largest absolute Gasteiger partial charge is 0.484 e. The zero-order valence-electron chi connectivity index (χ0n) is 7.48. The van der Waals surface area contributed by atoms with Gasteiger partial charge in [0.15, 0.2) is 0 Å². The fourth-order valence-corrected chi connectivity index (χ4v) is 1.39. The fraction of sp³-hybridized carbons (Fsp3) is 0.333. The number of rotatable bonds is 2. The third-order valence-corrected chi connectivity index (χ3v) is 2.09. The van der Waals surface area contributed by atoms with Crippen molar-refractivity contribution >= 4 is 17.3 Å². The molecule has 0 heterocycles. The van der Waals surface area contributed by atoms with Crippen molar-refractivity contribution in [2.45, 2.75) is 13.2 Å². The van der Waals surface area contributed by atoms with E-state index in [2.05, 4.69) is 0 Å². The Morgan fingerprint density at radius 1 is 1.29 bits per heavy atom. The summed E-state index contributed by atoms with van der Waals surface area (Å²) in [5.41, 5.74) is -0.0100. The van der Waals surface area contributed by atoms with Gasteiger partial charge in [-0.25, -0.2) is 0 Å². The van der Waals surface area contributed by atoms with Crippen LogP contribution in [0, 0.1) is 0 Å². The highest BCUT2D eigenvalue weighted by molar-refractivity contribution is 6.33. The highest BCUT2D eigenvalue weighted by Crippen LogP contribution is 2.33. The molecule has 0 radical (unpaired) electrons. The topological polar surface area (TPSA) is 3.24 Å². The summed E-state index contributed by atoms with van der Waals surface area (Å²) < 4.78 is 37.4. The van der Waals surface area contributed by atoms with Crippen molar-refractivity contribution in [3.63, 3.8) is 0 Å². The Morgan fingerprint density at radius 2 is 1.86 bits per heavy atom. The molecule has 14 heavy (non-hydrogen) atoms. The number of halogens is 4. The van der Waals surface area contributed by atoms with Crippen LogP contribution in [0.1, 0.15) is 6.92 Å². The van der Waals surface area contributed by atoms with Gasteiger partial charge in [0.2, 0.25) is 0 Å². The number of anilines is 1. The first-order valence-electron chi connectivity index (χ1n) is 4.05. The highest BCUT2D eigenvalue weighted by Gasteiger charge is 2.37. The quantitative estimate of drug-likeness (QED) is 0.692. The third kappa shape index (κ3) is 2.32. The van der Waals surface area contributed by atoms with Gasteiger partial charge in [-0.3, -0.25) is 4.90 Å². The Labute approximate surface area is 85.1 Å². The average molecular weight is 224 g/mol. The molecule has 0 aromatic heterocycles. The van der Waals surface area contributed by atoms with Gasteiger partial charge in [0.05, 0.1) is 10.7 Å². The monoisotopic (exact) mass is 223 g/mol. The van der Waals surface area contributed by atoms with E-state index < -0.39 is 6.30 Å². The normalized spacial score (nSPS) is 11.5. The Morgan fingerprint density at radius 3 is 2.29 bits per heavy atom. The van der Waals surface area contributed by atoms with Gasteiger partial charge in [-0.1, -0.05) is 23.7 Å². The Bertz CT molecular complexity index is 311. The van der Waals surface area contributed by atoms with Crippen molar-refractivity contribution < 1.29 is 13.2 Å². The van der Waals surface area contributed by atoms with E-state index in [-0.39, 0.29) is 17.3 Å². The minimum Gasteiger partial charge on any atom is -0.283 e. The second kappa shape index (κ2) is 4.09. The molecule has 0 aliphatic carbocycles. The lowest BCUT2D eigenvalue weighted by Crippen LogP contribution is -2.37. The van der Waals surface area contributed by atoms with Gasteiger partial charge in [0, 0.05) is 6.54 Å². The molecule has 1 aromatic rings. The number of nitrogens with zero attached hydrogens (tertiary/aromatic N) is 1. The van der Waals surface area contributed by atoms with E-state index in [0.29, 0.717) is 4.90 Å². The lowest BCUT2D eigenvalue weighted by Gasteiger charge is -2.26. The lowest BCUT2D eigenvalue weighted by molar-refractivity contribution is -0.128. The summed E-state index contributed by atoms with van der Waals surface area (Å²) in [6.07, 6.45) is -4.39. The summed E-state index contributed by atoms with van der Waals surface area (Å²) >= 11 is 5.66. The standard InChI is InChI=1S/C9H9ClF3N/c1-2-14(9(11,12)13)8-6-4-3-5-7(8)10/h3-6H,2H2,1H3. The van der Waals surface area contributed by atoms with Crippen molar-refractivity contribution in [2.24, 2.45) is 0 Å². The molecule has 1 nitrogen and oxygen atoms in total. The van der Waals surface area contributed by atoms with Gasteiger partial charge in [0.25, 0.3) is 0 Å². The van der Waals surface area contributed by atoms with E-state index >= 15 is 0 Å². The molecule has 0 unspecified atom stereocenters. The second-order valence-corrected chi connectivity index (χ2v) is 3.07. The van der Waals surface area contributed by atoms with Gasteiger partial charge in [-0.15, -0.1) is 0 Å². The number of alkyl halides is 3. The second-order valence-electron chi connectivity index (χ2n) is 2.66. The van der Waals surface area contributed by atoms with Gasteiger partial charge >= 0.3 is 6.30 Å². The molecule has 1 rings (SSSR count). The summed E-state index contributed by atoms with van der Waals surface area (Å²) in [7, 11) is 0. The molecule has 0 spiro atoms. The molecular formula is C9H9ClF3N. The van der Waals surface area contributed by atoms with E-state index in [1.165, 1.54) is 25.1 Å². The van der Waals surface area contributed by atoms with Crippen molar-refractivity contribution in [3.05, 3.63) is 29.3 Å². The van der Waals surface area contributed by atoms with E-state index in [4.69, 9.17) is 11.6 Å². The fourth-order valence-electron chi connectivity index (χ4n) is 1.16. The molecule has 1 aromatic carbocycles. The summed E-state index contributed by atoms with van der Waals surface area (Å²) in [5, 5.41) is 0.103. The lowest BCUT2D eigenvalue weighted by atomic mass is 10.3. The van der Waals surface area contributed by atoms with Crippen LogP contribution in [0.25, 0.3) is 0 Å². The smallest absolute Gasteiger partial charge is 0.283 e. The molecule has 0 bridgehead atoms. The highest BCUT2D eigenvalue weighted by atomic mass is 35.5. The molecule has 0 atom stereocenters. The van der Waals surface area contributed by atoms with E-state index in [1.54, 1.807) is 6.07 Å². The van der Waals surface area contributed by atoms with Crippen LogP contribution in [0.15, 0.2) is 24.3 Å². The van der Waals surface area contributed by atoms with Crippen LogP contribution in [0.4, 0.5) is 18.9 Å². The summed E-state index contributed by atoms with van der Waals surface area (Å²) in [6.45, 7) is 1.27. The minimum absolute atomic E-state index is 0.0100. The van der Waals surface area contributed by atoms with E-state index in [9.17, 15) is 13.2 Å². The number of para-hydroxylation sites is 1. The van der Waals surface area contributed by atoms with Crippen LogP contribution in [0.2, 0.25) is 5.02 Å². The van der Waals surface area contributed by atoms with Gasteiger partial charge in [-0.2, -0.15) is 13.2 Å². The summed E-state index contributed by atoms with van der Waals surface area (Å²) in [6, 6.07) is 5.90. The average Bonchev–Trinajstić information content (AvgIpc) is 2.07. The predicted octanol–water partition coefficient (Wildman–Crippen LogP) is 3.69. The van der Waals surface area contributed by atoms with Gasteiger partial charge < -0.3 is 0 Å². The van der Waals surface area contributed by atoms with Crippen molar-refractivity contribution in [1.82, 2.24) is 0 Å². The maximum absolute atomic E-state index is 12.5. The van der Waals surface area contributed by atoms with E-state index in [1.807, 2.05) is 0 Å². The predicted molar refractivity (Wildman–Crippen MR) is 50.5 cm³/mol. The van der Waals surface area contributed by atoms with Crippen molar-refractivity contribution in [2.75, 3.05) is 11.4 Å². The number of hydrogen-bond donors (Lipinski definition) is 0.